The highest BCUT2D eigenvalue weighted by Gasteiger charge is 2.24. The molecule has 0 saturated carbocycles. The molecule has 6 heteroatoms. The zero-order chi connectivity index (χ0) is 19.2. The minimum atomic E-state index is 0.122. The van der Waals surface area contributed by atoms with E-state index in [1.54, 1.807) is 7.11 Å². The van der Waals surface area contributed by atoms with E-state index in [2.05, 4.69) is 16.8 Å². The molecule has 1 aromatic heterocycles. The van der Waals surface area contributed by atoms with E-state index >= 15 is 0 Å². The zero-order valence-corrected chi connectivity index (χ0v) is 17.3. The Labute approximate surface area is 166 Å². The maximum absolute atomic E-state index is 13.1. The van der Waals surface area contributed by atoms with Crippen molar-refractivity contribution in [3.05, 3.63) is 34.8 Å². The number of amides is 1. The Kier molecular flexibility index (Phi) is 6.85. The molecule has 0 unspecified atom stereocenters. The quantitative estimate of drug-likeness (QED) is 0.749. The monoisotopic (exact) mass is 387 g/mol. The maximum atomic E-state index is 13.1. The highest BCUT2D eigenvalue weighted by molar-refractivity contribution is 7.17. The first kappa shape index (κ1) is 19.8. The number of methoxy groups -OCH3 is 1. The third-order valence-corrected chi connectivity index (χ3v) is 6.21. The fraction of sp³-hybridized carbons (Fsp3) is 0.524. The number of rotatable bonds is 6. The second-order valence-corrected chi connectivity index (χ2v) is 8.01. The average Bonchev–Trinajstić information content (AvgIpc) is 2.93. The molecule has 0 spiro atoms. The summed E-state index contributed by atoms with van der Waals surface area (Å²) in [6.07, 6.45) is 3.48. The number of aryl methyl sites for hydroxylation is 1. The van der Waals surface area contributed by atoms with Gasteiger partial charge in [-0.2, -0.15) is 0 Å². The Hall–Kier alpha value is -1.92. The van der Waals surface area contributed by atoms with Gasteiger partial charge in [0.2, 0.25) is 0 Å². The summed E-state index contributed by atoms with van der Waals surface area (Å²) in [5, 5.41) is 0.870. The van der Waals surface area contributed by atoms with Crippen molar-refractivity contribution in [2.75, 3.05) is 39.8 Å². The van der Waals surface area contributed by atoms with Gasteiger partial charge >= 0.3 is 0 Å². The predicted octanol–water partition coefficient (Wildman–Crippen LogP) is 4.08. The minimum absolute atomic E-state index is 0.122. The highest BCUT2D eigenvalue weighted by Crippen LogP contribution is 2.31. The largest absolute Gasteiger partial charge is 0.497 e. The molecule has 1 aliphatic heterocycles. The van der Waals surface area contributed by atoms with Gasteiger partial charge in [0.1, 0.15) is 15.6 Å². The number of ether oxygens (including phenoxy) is 1. The summed E-state index contributed by atoms with van der Waals surface area (Å²) in [4.78, 5) is 23.0. The summed E-state index contributed by atoms with van der Waals surface area (Å²) in [6.45, 7) is 8.96. The summed E-state index contributed by atoms with van der Waals surface area (Å²) in [5.41, 5.74) is 1.80. The first-order valence-corrected chi connectivity index (χ1v) is 10.6. The van der Waals surface area contributed by atoms with Crippen molar-refractivity contribution >= 4 is 17.2 Å². The molecule has 2 aromatic rings. The van der Waals surface area contributed by atoms with Crippen LogP contribution in [0.25, 0.3) is 10.6 Å². The topological polar surface area (TPSA) is 45.7 Å². The number of thiazole rings is 1. The van der Waals surface area contributed by atoms with Gasteiger partial charge in [-0.05, 0) is 45.0 Å². The van der Waals surface area contributed by atoms with E-state index in [1.165, 1.54) is 24.2 Å². The number of carbonyl (C=O) groups excluding carboxylic acids is 1. The molecule has 2 heterocycles. The number of aromatic nitrogens is 1. The van der Waals surface area contributed by atoms with E-state index in [0.717, 1.165) is 66.0 Å². The summed E-state index contributed by atoms with van der Waals surface area (Å²) in [7, 11) is 1.66. The zero-order valence-electron chi connectivity index (χ0n) is 16.5. The molecule has 0 N–H and O–H groups in total. The van der Waals surface area contributed by atoms with Gasteiger partial charge in [-0.3, -0.25) is 4.79 Å². The summed E-state index contributed by atoms with van der Waals surface area (Å²) in [6, 6.07) is 7.83. The summed E-state index contributed by atoms with van der Waals surface area (Å²) >= 11 is 1.48. The van der Waals surface area contributed by atoms with Gasteiger partial charge < -0.3 is 14.5 Å². The minimum Gasteiger partial charge on any atom is -0.497 e. The van der Waals surface area contributed by atoms with Crippen LogP contribution < -0.4 is 4.74 Å². The number of carbonyl (C=O) groups is 1. The van der Waals surface area contributed by atoms with E-state index in [0.29, 0.717) is 0 Å². The first-order chi connectivity index (χ1) is 13.1. The van der Waals surface area contributed by atoms with Crippen molar-refractivity contribution in [2.24, 2.45) is 0 Å². The predicted molar refractivity (Wildman–Crippen MR) is 111 cm³/mol. The van der Waals surface area contributed by atoms with Crippen LogP contribution in [0.1, 0.15) is 41.6 Å². The Balaban J connectivity index is 1.72. The van der Waals surface area contributed by atoms with Crippen molar-refractivity contribution in [3.63, 3.8) is 0 Å². The van der Waals surface area contributed by atoms with Gasteiger partial charge in [0.25, 0.3) is 5.91 Å². The van der Waals surface area contributed by atoms with Gasteiger partial charge in [0.15, 0.2) is 0 Å². The third kappa shape index (κ3) is 4.87. The van der Waals surface area contributed by atoms with Crippen LogP contribution >= 0.6 is 11.3 Å². The van der Waals surface area contributed by atoms with E-state index in [4.69, 9.17) is 4.74 Å². The fourth-order valence-electron chi connectivity index (χ4n) is 3.40. The number of nitrogens with zero attached hydrogens (tertiary/aromatic N) is 3. The third-order valence-electron chi connectivity index (χ3n) is 5.01. The molecular weight excluding hydrogens is 358 g/mol. The van der Waals surface area contributed by atoms with Gasteiger partial charge in [0, 0.05) is 25.2 Å². The van der Waals surface area contributed by atoms with Gasteiger partial charge in [-0.25, -0.2) is 4.98 Å². The number of unbranched alkanes of at least 4 members (excludes halogenated alkanes) is 1. The van der Waals surface area contributed by atoms with Gasteiger partial charge in [-0.15, -0.1) is 11.3 Å². The smallest absolute Gasteiger partial charge is 0.265 e. The lowest BCUT2D eigenvalue weighted by molar-refractivity contribution is 0.0765. The SMILES string of the molecule is CCCCN1CCCN(C(=O)c2sc(-c3cccc(OC)c3)nc2C)CC1. The standard InChI is InChI=1S/C21H29N3O2S/c1-4-5-10-23-11-7-12-24(14-13-23)21(25)19-16(2)22-20(27-19)17-8-6-9-18(15-17)26-3/h6,8-9,15H,4-5,7,10-14H2,1-3H3. The van der Waals surface area contributed by atoms with E-state index in [1.807, 2.05) is 36.1 Å². The average molecular weight is 388 g/mol. The van der Waals surface area contributed by atoms with Crippen molar-refractivity contribution < 1.29 is 9.53 Å². The van der Waals surface area contributed by atoms with E-state index in [-0.39, 0.29) is 5.91 Å². The fourth-order valence-corrected chi connectivity index (χ4v) is 4.43. The lowest BCUT2D eigenvalue weighted by Crippen LogP contribution is -2.35. The molecular formula is C21H29N3O2S. The summed E-state index contributed by atoms with van der Waals surface area (Å²) in [5.74, 6) is 0.921. The van der Waals surface area contributed by atoms with Crippen molar-refractivity contribution in [1.82, 2.24) is 14.8 Å². The van der Waals surface area contributed by atoms with Crippen LogP contribution in [-0.4, -0.2) is 60.5 Å². The Morgan fingerprint density at radius 3 is 2.89 bits per heavy atom. The molecule has 146 valence electrons. The first-order valence-electron chi connectivity index (χ1n) is 9.76. The molecule has 1 aromatic carbocycles. The molecule has 0 bridgehead atoms. The number of hydrogen-bond donors (Lipinski definition) is 0. The van der Waals surface area contributed by atoms with Crippen LogP contribution in [0.15, 0.2) is 24.3 Å². The molecule has 1 aliphatic rings. The maximum Gasteiger partial charge on any atom is 0.265 e. The number of hydrogen-bond acceptors (Lipinski definition) is 5. The molecule has 1 fully saturated rings. The molecule has 0 aliphatic carbocycles. The van der Waals surface area contributed by atoms with Crippen LogP contribution in [0.2, 0.25) is 0 Å². The van der Waals surface area contributed by atoms with Crippen LogP contribution in [0.4, 0.5) is 0 Å². The highest BCUT2D eigenvalue weighted by atomic mass is 32.1. The molecule has 0 radical (unpaired) electrons. The molecule has 1 saturated heterocycles. The molecule has 27 heavy (non-hydrogen) atoms. The van der Waals surface area contributed by atoms with Crippen molar-refractivity contribution in [2.45, 2.75) is 33.1 Å². The molecule has 0 atom stereocenters. The lowest BCUT2D eigenvalue weighted by Gasteiger charge is -2.21. The Morgan fingerprint density at radius 2 is 2.11 bits per heavy atom. The molecule has 3 rings (SSSR count). The summed E-state index contributed by atoms with van der Waals surface area (Å²) < 4.78 is 5.30. The molecule has 1 amide bonds. The van der Waals surface area contributed by atoms with Crippen LogP contribution in [0.5, 0.6) is 5.75 Å². The normalized spacial score (nSPS) is 15.6. The van der Waals surface area contributed by atoms with Gasteiger partial charge in [-0.1, -0.05) is 25.5 Å². The van der Waals surface area contributed by atoms with E-state index < -0.39 is 0 Å². The Morgan fingerprint density at radius 1 is 1.26 bits per heavy atom. The van der Waals surface area contributed by atoms with Crippen molar-refractivity contribution in [1.29, 1.82) is 0 Å². The Bertz CT molecular complexity index is 775. The molecule has 5 nitrogen and oxygen atoms in total. The second-order valence-electron chi connectivity index (χ2n) is 7.01. The van der Waals surface area contributed by atoms with Gasteiger partial charge in [0.05, 0.1) is 12.8 Å². The van der Waals surface area contributed by atoms with Crippen LogP contribution in [0, 0.1) is 6.92 Å². The second kappa shape index (κ2) is 9.33. The lowest BCUT2D eigenvalue weighted by atomic mass is 10.2. The van der Waals surface area contributed by atoms with Crippen LogP contribution in [0.3, 0.4) is 0 Å². The van der Waals surface area contributed by atoms with Crippen molar-refractivity contribution in [3.8, 4) is 16.3 Å². The van der Waals surface area contributed by atoms with E-state index in [9.17, 15) is 4.79 Å². The number of benzene rings is 1. The van der Waals surface area contributed by atoms with Crippen LogP contribution in [-0.2, 0) is 0 Å².